The highest BCUT2D eigenvalue weighted by Gasteiger charge is 2.32. The van der Waals surface area contributed by atoms with E-state index in [1.165, 1.54) is 18.2 Å². The van der Waals surface area contributed by atoms with Crippen LogP contribution in [0.3, 0.4) is 0 Å². The van der Waals surface area contributed by atoms with Crippen molar-refractivity contribution >= 4 is 56.2 Å². The van der Waals surface area contributed by atoms with E-state index in [-0.39, 0.29) is 32.3 Å². The lowest BCUT2D eigenvalue weighted by Crippen LogP contribution is -2.19. The number of para-hydroxylation sites is 2. The van der Waals surface area contributed by atoms with Crippen LogP contribution in [-0.4, -0.2) is 19.7 Å². The highest BCUT2D eigenvalue weighted by Crippen LogP contribution is 2.41. The molecular weight excluding hydrogens is 548 g/mol. The number of hydrogen-bond acceptors (Lipinski definition) is 6. The zero-order chi connectivity index (χ0) is 25.3. The number of nitro benzene ring substituents is 1. The lowest BCUT2D eigenvalue weighted by Gasteiger charge is -2.16. The molecule has 0 aliphatic rings. The number of ether oxygens (including phenoxy) is 2. The van der Waals surface area contributed by atoms with Crippen LogP contribution in [0.4, 0.5) is 24.5 Å². The Labute approximate surface area is 205 Å². The van der Waals surface area contributed by atoms with Crippen molar-refractivity contribution in [2.45, 2.75) is 11.3 Å². The first kappa shape index (κ1) is 25.7. The van der Waals surface area contributed by atoms with Gasteiger partial charge in [0.1, 0.15) is 5.75 Å². The van der Waals surface area contributed by atoms with Crippen molar-refractivity contribution in [1.82, 2.24) is 0 Å². The molecule has 0 fully saturated rings. The lowest BCUT2D eigenvalue weighted by molar-refractivity contribution is -0.384. The number of alkyl halides is 3. The zero-order valence-electron chi connectivity index (χ0n) is 16.3. The van der Waals surface area contributed by atoms with Crippen LogP contribution in [0.1, 0.15) is 0 Å². The Morgan fingerprint density at radius 1 is 0.912 bits per heavy atom. The number of non-ortho nitro benzene ring substituents is 1. The van der Waals surface area contributed by atoms with Gasteiger partial charge < -0.3 is 9.47 Å². The van der Waals surface area contributed by atoms with Crippen molar-refractivity contribution in [1.29, 1.82) is 0 Å². The Balaban J connectivity index is 1.91. The summed E-state index contributed by atoms with van der Waals surface area (Å²) in [6, 6.07) is 9.74. The molecule has 0 aromatic heterocycles. The number of sulfonamides is 1. The van der Waals surface area contributed by atoms with Crippen LogP contribution < -0.4 is 14.2 Å². The fourth-order valence-electron chi connectivity index (χ4n) is 2.55. The number of nitrogens with one attached hydrogen (secondary N) is 1. The van der Waals surface area contributed by atoms with Gasteiger partial charge in [-0.3, -0.25) is 14.8 Å². The Morgan fingerprint density at radius 2 is 1.53 bits per heavy atom. The SMILES string of the molecule is O=[N+]([O-])c1ccc(Oc2c(Cl)cc(S(=O)(=O)Nc3ccccc3OC(F)(F)F)cc2Cl)c(Cl)c1. The highest BCUT2D eigenvalue weighted by atomic mass is 35.5. The molecule has 8 nitrogen and oxygen atoms in total. The molecular formula is C19H10Cl3F3N2O6S. The summed E-state index contributed by atoms with van der Waals surface area (Å²) in [4.78, 5) is 9.66. The monoisotopic (exact) mass is 556 g/mol. The quantitative estimate of drug-likeness (QED) is 0.246. The van der Waals surface area contributed by atoms with E-state index >= 15 is 0 Å². The van der Waals surface area contributed by atoms with Gasteiger partial charge in [-0.1, -0.05) is 46.9 Å². The summed E-state index contributed by atoms with van der Waals surface area (Å²) in [6.07, 6.45) is -5.05. The highest BCUT2D eigenvalue weighted by molar-refractivity contribution is 7.92. The molecule has 34 heavy (non-hydrogen) atoms. The predicted octanol–water partition coefficient (Wildman–Crippen LogP) is 7.05. The van der Waals surface area contributed by atoms with E-state index in [2.05, 4.69) is 4.74 Å². The predicted molar refractivity (Wildman–Crippen MR) is 119 cm³/mol. The second-order valence-electron chi connectivity index (χ2n) is 6.34. The van der Waals surface area contributed by atoms with Crippen molar-refractivity contribution in [2.24, 2.45) is 0 Å². The molecule has 15 heteroatoms. The van der Waals surface area contributed by atoms with Gasteiger partial charge >= 0.3 is 6.36 Å². The standard InChI is InChI=1S/C19H10Cl3F3N2O6S/c20-12-7-10(27(28)29)5-6-16(12)32-18-13(21)8-11(9-14(18)22)34(30,31)26-15-3-1-2-4-17(15)33-19(23,24)25/h1-9,26H. The van der Waals surface area contributed by atoms with E-state index in [4.69, 9.17) is 39.5 Å². The van der Waals surface area contributed by atoms with E-state index in [0.717, 1.165) is 36.4 Å². The molecule has 0 atom stereocenters. The minimum absolute atomic E-state index is 0.0528. The van der Waals surface area contributed by atoms with Gasteiger partial charge in [0.2, 0.25) is 0 Å². The molecule has 0 heterocycles. The molecule has 0 radical (unpaired) electrons. The molecule has 0 aliphatic carbocycles. The minimum atomic E-state index is -5.05. The fourth-order valence-corrected chi connectivity index (χ4v) is 4.58. The van der Waals surface area contributed by atoms with Crippen molar-refractivity contribution in [2.75, 3.05) is 4.72 Å². The minimum Gasteiger partial charge on any atom is -0.453 e. The van der Waals surface area contributed by atoms with E-state index in [9.17, 15) is 31.7 Å². The van der Waals surface area contributed by atoms with Gasteiger partial charge in [-0.15, -0.1) is 13.2 Å². The van der Waals surface area contributed by atoms with Gasteiger partial charge in [-0.25, -0.2) is 8.42 Å². The lowest BCUT2D eigenvalue weighted by atomic mass is 10.3. The maximum Gasteiger partial charge on any atom is 0.573 e. The average Bonchev–Trinajstić information content (AvgIpc) is 2.71. The topological polar surface area (TPSA) is 108 Å². The molecule has 0 saturated carbocycles. The normalized spacial score (nSPS) is 11.7. The smallest absolute Gasteiger partial charge is 0.453 e. The number of hydrogen-bond donors (Lipinski definition) is 1. The summed E-state index contributed by atoms with van der Waals surface area (Å²) in [5.41, 5.74) is -0.776. The first-order valence-electron chi connectivity index (χ1n) is 8.75. The zero-order valence-corrected chi connectivity index (χ0v) is 19.4. The number of rotatable bonds is 7. The Bertz CT molecular complexity index is 1350. The third-order valence-corrected chi connectivity index (χ3v) is 6.18. The molecule has 3 rings (SSSR count). The van der Waals surface area contributed by atoms with Crippen LogP contribution in [0.2, 0.25) is 15.1 Å². The molecule has 3 aromatic rings. The fraction of sp³-hybridized carbons (Fsp3) is 0.0526. The molecule has 0 unspecified atom stereocenters. The summed E-state index contributed by atoms with van der Waals surface area (Å²) in [6.45, 7) is 0. The van der Waals surface area contributed by atoms with Crippen molar-refractivity contribution in [3.63, 3.8) is 0 Å². The van der Waals surface area contributed by atoms with E-state index in [1.54, 1.807) is 0 Å². The van der Waals surface area contributed by atoms with Crippen LogP contribution in [0, 0.1) is 10.1 Å². The van der Waals surface area contributed by atoms with E-state index < -0.39 is 37.6 Å². The Morgan fingerprint density at radius 3 is 2.09 bits per heavy atom. The first-order valence-corrected chi connectivity index (χ1v) is 11.4. The Kier molecular flexibility index (Phi) is 7.36. The summed E-state index contributed by atoms with van der Waals surface area (Å²) >= 11 is 18.2. The molecule has 180 valence electrons. The Hall–Kier alpha value is -2.93. The molecule has 0 amide bonds. The number of nitrogens with zero attached hydrogens (tertiary/aromatic N) is 1. The summed E-state index contributed by atoms with van der Waals surface area (Å²) < 4.78 is 74.6. The summed E-state index contributed by atoms with van der Waals surface area (Å²) in [5.74, 6) is -1.04. The van der Waals surface area contributed by atoms with Gasteiger partial charge in [-0.05, 0) is 30.3 Å². The van der Waals surface area contributed by atoms with Crippen LogP contribution in [0.25, 0.3) is 0 Å². The van der Waals surface area contributed by atoms with Crippen molar-refractivity contribution in [3.05, 3.63) is 79.8 Å². The molecule has 0 bridgehead atoms. The van der Waals surface area contributed by atoms with Gasteiger partial charge in [-0.2, -0.15) is 0 Å². The molecule has 0 spiro atoms. The third kappa shape index (κ3) is 6.14. The van der Waals surface area contributed by atoms with Crippen LogP contribution in [0.15, 0.2) is 59.5 Å². The summed E-state index contributed by atoms with van der Waals surface area (Å²) in [7, 11) is -4.47. The maximum absolute atomic E-state index is 12.8. The summed E-state index contributed by atoms with van der Waals surface area (Å²) in [5, 5.41) is 10.1. The first-order chi connectivity index (χ1) is 15.8. The largest absolute Gasteiger partial charge is 0.573 e. The molecule has 0 aliphatic heterocycles. The van der Waals surface area contributed by atoms with Gasteiger partial charge in [0.05, 0.1) is 30.6 Å². The van der Waals surface area contributed by atoms with Gasteiger partial charge in [0.15, 0.2) is 11.5 Å². The number of anilines is 1. The average molecular weight is 558 g/mol. The second-order valence-corrected chi connectivity index (χ2v) is 9.24. The number of nitro groups is 1. The third-order valence-electron chi connectivity index (χ3n) is 3.98. The second kappa shape index (κ2) is 9.74. The number of halogens is 6. The maximum atomic E-state index is 12.8. The van der Waals surface area contributed by atoms with Crippen LogP contribution in [-0.2, 0) is 10.0 Å². The van der Waals surface area contributed by atoms with E-state index in [1.807, 2.05) is 4.72 Å². The van der Waals surface area contributed by atoms with Gasteiger partial charge in [0, 0.05) is 12.1 Å². The van der Waals surface area contributed by atoms with Gasteiger partial charge in [0.25, 0.3) is 15.7 Å². The molecule has 3 aromatic carbocycles. The number of benzene rings is 3. The van der Waals surface area contributed by atoms with Crippen LogP contribution in [0.5, 0.6) is 17.2 Å². The van der Waals surface area contributed by atoms with Crippen LogP contribution >= 0.6 is 34.8 Å². The van der Waals surface area contributed by atoms with Crippen molar-refractivity contribution < 1.29 is 36.0 Å². The molecule has 1 N–H and O–H groups in total. The van der Waals surface area contributed by atoms with E-state index in [0.29, 0.717) is 0 Å². The molecule has 0 saturated heterocycles. The van der Waals surface area contributed by atoms with Crippen molar-refractivity contribution in [3.8, 4) is 17.2 Å².